The number of aromatic nitrogens is 3. The smallest absolute Gasteiger partial charge is 0.352 e. The van der Waals surface area contributed by atoms with Crippen LogP contribution in [0.5, 0.6) is 0 Å². The van der Waals surface area contributed by atoms with E-state index in [4.69, 9.17) is 9.47 Å². The summed E-state index contributed by atoms with van der Waals surface area (Å²) in [5.41, 5.74) is -1.69. The van der Waals surface area contributed by atoms with Gasteiger partial charge < -0.3 is 14.8 Å². The zero-order chi connectivity index (χ0) is 33.8. The van der Waals surface area contributed by atoms with Crippen molar-refractivity contribution in [1.29, 1.82) is 0 Å². The Labute approximate surface area is 270 Å². The predicted octanol–water partition coefficient (Wildman–Crippen LogP) is 2.92. The van der Waals surface area contributed by atoms with Gasteiger partial charge in [-0.1, -0.05) is 56.3 Å². The number of ketones is 1. The van der Waals surface area contributed by atoms with E-state index in [1.54, 1.807) is 67.6 Å². The molecule has 1 aliphatic heterocycles. The maximum atomic E-state index is 15.1. The van der Waals surface area contributed by atoms with Gasteiger partial charge in [-0.15, -0.1) is 0 Å². The Balaban J connectivity index is 1.66. The van der Waals surface area contributed by atoms with E-state index in [0.717, 1.165) is 4.57 Å². The Hall–Kier alpha value is -5.26. The second kappa shape index (κ2) is 11.8. The Morgan fingerprint density at radius 2 is 1.53 bits per heavy atom. The maximum absolute atomic E-state index is 15.1. The van der Waals surface area contributed by atoms with Gasteiger partial charge in [0.1, 0.15) is 5.54 Å². The molecule has 1 N–H and O–H groups in total. The lowest BCUT2D eigenvalue weighted by atomic mass is 9.69. The summed E-state index contributed by atoms with van der Waals surface area (Å²) in [7, 11) is 2.41. The Bertz CT molecular complexity index is 1970. The number of esters is 2. The normalized spacial score (nSPS) is 24.6. The lowest BCUT2D eigenvalue weighted by Gasteiger charge is -2.40. The molecule has 1 unspecified atom stereocenters. The van der Waals surface area contributed by atoms with E-state index in [2.05, 4.69) is 5.32 Å². The van der Waals surface area contributed by atoms with Gasteiger partial charge in [-0.3, -0.25) is 14.4 Å². The molecule has 6 rings (SSSR count). The number of hydrogen-bond donors (Lipinski definition) is 1. The van der Waals surface area contributed by atoms with Crippen LogP contribution in [-0.4, -0.2) is 57.3 Å². The molecular formula is C35H36N4O8. The first kappa shape index (κ1) is 31.7. The number of carbonyl (C=O) groups excluding carboxylic acids is 4. The lowest BCUT2D eigenvalue weighted by molar-refractivity contribution is -0.146. The standard InChI is InChI=1S/C35H36N4O8/c1-19(2)18-35(36-30(41)21-12-8-6-9-13-21)28-24(32(43)47-5)16-22(31(42)46-4)17-25-27(28)26(29(35)40)20(3)38-33(44)37(34(45)39(25)38)23-14-10-7-11-15-23/h6-16,19-20,24-25,28H,17-18H2,1-5H3,(H,36,41)/t20-,24+,25+,28?,35+/m0/s1. The summed E-state index contributed by atoms with van der Waals surface area (Å²) in [6, 6.07) is 14.8. The largest absolute Gasteiger partial charge is 0.469 e. The highest BCUT2D eigenvalue weighted by Crippen LogP contribution is 2.56. The van der Waals surface area contributed by atoms with Gasteiger partial charge in [-0.05, 0) is 49.1 Å². The SMILES string of the molecule is COC(=O)C1=C[C@@H](C(=O)OC)C2C3=C(C(=O)[C@]2(CC(C)C)NC(=O)c2ccccc2)[C@H](C)n2c(=O)n(-c4ccccc4)c(=O)n2[C@@H]3C1. The molecule has 2 aromatic carbocycles. The van der Waals surface area contributed by atoms with Crippen LogP contribution >= 0.6 is 0 Å². The van der Waals surface area contributed by atoms with E-state index in [1.807, 2.05) is 13.8 Å². The van der Waals surface area contributed by atoms with Gasteiger partial charge in [0.05, 0.1) is 37.9 Å². The summed E-state index contributed by atoms with van der Waals surface area (Å²) in [5, 5.41) is 3.04. The summed E-state index contributed by atoms with van der Waals surface area (Å²) in [6.45, 7) is 5.44. The van der Waals surface area contributed by atoms with Crippen LogP contribution < -0.4 is 16.7 Å². The molecule has 2 aliphatic carbocycles. The molecule has 0 fully saturated rings. The molecule has 12 nitrogen and oxygen atoms in total. The minimum atomic E-state index is -1.69. The Kier molecular flexibility index (Phi) is 7.98. The minimum absolute atomic E-state index is 0.0716. The summed E-state index contributed by atoms with van der Waals surface area (Å²) < 4.78 is 13.9. The van der Waals surface area contributed by atoms with Gasteiger partial charge in [0.25, 0.3) is 5.91 Å². The van der Waals surface area contributed by atoms with Crippen molar-refractivity contribution in [2.24, 2.45) is 17.8 Å². The molecule has 244 valence electrons. The summed E-state index contributed by atoms with van der Waals surface area (Å²) in [4.78, 5) is 84.3. The molecule has 12 heteroatoms. The molecular weight excluding hydrogens is 604 g/mol. The van der Waals surface area contributed by atoms with Crippen LogP contribution in [0.2, 0.25) is 0 Å². The van der Waals surface area contributed by atoms with E-state index in [-0.39, 0.29) is 29.9 Å². The van der Waals surface area contributed by atoms with E-state index in [9.17, 15) is 24.0 Å². The van der Waals surface area contributed by atoms with Crippen LogP contribution in [0.4, 0.5) is 0 Å². The first-order valence-electron chi connectivity index (χ1n) is 15.5. The molecule has 0 bridgehead atoms. The minimum Gasteiger partial charge on any atom is -0.469 e. The third-order valence-corrected chi connectivity index (χ3v) is 9.46. The third-order valence-electron chi connectivity index (χ3n) is 9.46. The van der Waals surface area contributed by atoms with Crippen LogP contribution in [0.15, 0.2) is 93.0 Å². The fourth-order valence-electron chi connectivity index (χ4n) is 7.74. The summed E-state index contributed by atoms with van der Waals surface area (Å²) >= 11 is 0. The quantitative estimate of drug-likeness (QED) is 0.388. The van der Waals surface area contributed by atoms with Crippen LogP contribution in [0, 0.1) is 17.8 Å². The molecule has 47 heavy (non-hydrogen) atoms. The van der Waals surface area contributed by atoms with Crippen LogP contribution in [0.25, 0.3) is 5.69 Å². The van der Waals surface area contributed by atoms with Crippen molar-refractivity contribution in [3.05, 3.63) is 110 Å². The highest BCUT2D eigenvalue weighted by molar-refractivity contribution is 6.11. The number of carbonyl (C=O) groups is 4. The highest BCUT2D eigenvalue weighted by atomic mass is 16.5. The Morgan fingerprint density at radius 1 is 0.915 bits per heavy atom. The van der Waals surface area contributed by atoms with Gasteiger partial charge in [-0.25, -0.2) is 28.3 Å². The molecule has 0 saturated heterocycles. The number of methoxy groups -OCH3 is 2. The van der Waals surface area contributed by atoms with E-state index >= 15 is 4.79 Å². The molecule has 3 aromatic rings. The molecule has 0 spiro atoms. The number of Topliss-reactive ketones (excluding diaryl/α,β-unsaturated/α-hetero) is 1. The van der Waals surface area contributed by atoms with E-state index in [0.29, 0.717) is 16.8 Å². The van der Waals surface area contributed by atoms with Gasteiger partial charge in [0, 0.05) is 29.0 Å². The van der Waals surface area contributed by atoms with Crippen LogP contribution in [0.3, 0.4) is 0 Å². The number of ether oxygens (including phenoxy) is 2. The van der Waals surface area contributed by atoms with Gasteiger partial charge in [0.2, 0.25) is 0 Å². The summed E-state index contributed by atoms with van der Waals surface area (Å²) in [5.74, 6) is -4.89. The number of amides is 1. The first-order valence-corrected chi connectivity index (χ1v) is 15.5. The van der Waals surface area contributed by atoms with Gasteiger partial charge >= 0.3 is 23.3 Å². The van der Waals surface area contributed by atoms with Crippen molar-refractivity contribution in [1.82, 2.24) is 19.2 Å². The maximum Gasteiger partial charge on any atom is 0.352 e. The molecule has 1 aromatic heterocycles. The second-order valence-electron chi connectivity index (χ2n) is 12.6. The fraction of sp³-hybridized carbons (Fsp3) is 0.371. The fourth-order valence-corrected chi connectivity index (χ4v) is 7.74. The zero-order valence-electron chi connectivity index (χ0n) is 26.8. The molecule has 0 saturated carbocycles. The van der Waals surface area contributed by atoms with Crippen LogP contribution in [-0.2, 0) is 23.9 Å². The molecule has 0 radical (unpaired) electrons. The zero-order valence-corrected chi connectivity index (χ0v) is 26.8. The topological polar surface area (TPSA) is 148 Å². The van der Waals surface area contributed by atoms with Crippen molar-refractivity contribution in [2.45, 2.75) is 51.2 Å². The number of benzene rings is 2. The monoisotopic (exact) mass is 640 g/mol. The number of rotatable bonds is 7. The lowest BCUT2D eigenvalue weighted by Crippen LogP contribution is -2.60. The molecule has 2 heterocycles. The van der Waals surface area contributed by atoms with E-state index < -0.39 is 64.5 Å². The molecule has 5 atom stereocenters. The van der Waals surface area contributed by atoms with Gasteiger partial charge in [0.15, 0.2) is 5.78 Å². The Morgan fingerprint density at radius 3 is 2.13 bits per heavy atom. The number of fused-ring (bicyclic) bond motifs is 2. The number of nitrogens with one attached hydrogen (secondary N) is 1. The number of para-hydroxylation sites is 1. The van der Waals surface area contributed by atoms with E-state index in [1.165, 1.54) is 29.7 Å². The first-order chi connectivity index (χ1) is 22.5. The third kappa shape index (κ3) is 4.81. The van der Waals surface area contributed by atoms with Gasteiger partial charge in [-0.2, -0.15) is 0 Å². The number of nitrogens with zero attached hydrogens (tertiary/aromatic N) is 3. The average molecular weight is 641 g/mol. The molecule has 1 amide bonds. The molecule has 3 aliphatic rings. The predicted molar refractivity (Wildman–Crippen MR) is 170 cm³/mol. The summed E-state index contributed by atoms with van der Waals surface area (Å²) in [6.07, 6.45) is 1.40. The van der Waals surface area contributed by atoms with Crippen molar-refractivity contribution in [3.8, 4) is 5.69 Å². The van der Waals surface area contributed by atoms with Crippen molar-refractivity contribution in [3.63, 3.8) is 0 Å². The number of hydrogen-bond acceptors (Lipinski definition) is 8. The van der Waals surface area contributed by atoms with Crippen molar-refractivity contribution in [2.75, 3.05) is 14.2 Å². The van der Waals surface area contributed by atoms with Crippen LogP contribution in [0.1, 0.15) is 56.1 Å². The highest BCUT2D eigenvalue weighted by Gasteiger charge is 2.64. The van der Waals surface area contributed by atoms with Crippen molar-refractivity contribution < 1.29 is 28.7 Å². The van der Waals surface area contributed by atoms with Crippen molar-refractivity contribution >= 4 is 23.6 Å². The second-order valence-corrected chi connectivity index (χ2v) is 12.6. The average Bonchev–Trinajstić information content (AvgIpc) is 3.37.